The number of hydrogen-bond acceptors (Lipinski definition) is 4. The van der Waals surface area contributed by atoms with Crippen LogP contribution in [0.15, 0.2) is 15.7 Å². The molecule has 0 aliphatic rings. The van der Waals surface area contributed by atoms with Crippen LogP contribution in [0.25, 0.3) is 0 Å². The predicted octanol–water partition coefficient (Wildman–Crippen LogP) is 1.26. The molecule has 1 aromatic rings. The summed E-state index contributed by atoms with van der Waals surface area (Å²) < 4.78 is 26.0. The minimum atomic E-state index is -3.35. The van der Waals surface area contributed by atoms with Crippen molar-refractivity contribution in [3.8, 4) is 0 Å². The summed E-state index contributed by atoms with van der Waals surface area (Å²) in [6.07, 6.45) is 0. The zero-order chi connectivity index (χ0) is 10.8. The van der Waals surface area contributed by atoms with Crippen molar-refractivity contribution in [1.82, 2.24) is 4.72 Å². The molecule has 1 rings (SSSR count). The van der Waals surface area contributed by atoms with Crippen LogP contribution in [0, 0.1) is 5.92 Å². The molecule has 0 aromatic carbocycles. The van der Waals surface area contributed by atoms with Gasteiger partial charge in [-0.2, -0.15) is 0 Å². The Labute approximate surface area is 88.2 Å². The highest BCUT2D eigenvalue weighted by atomic mass is 32.2. The van der Waals surface area contributed by atoms with E-state index in [0.29, 0.717) is 18.2 Å². The summed E-state index contributed by atoms with van der Waals surface area (Å²) in [6, 6.07) is 1.47. The van der Waals surface area contributed by atoms with Gasteiger partial charge in [0, 0.05) is 17.6 Å². The number of thiophene rings is 1. The SMILES string of the molecule is CC(C)CNS(=O)(=O)c1cc(N)cs1. The third kappa shape index (κ3) is 2.97. The molecule has 3 N–H and O–H groups in total. The van der Waals surface area contributed by atoms with Crippen molar-refractivity contribution < 1.29 is 8.42 Å². The Morgan fingerprint density at radius 3 is 2.64 bits per heavy atom. The highest BCUT2D eigenvalue weighted by Gasteiger charge is 2.15. The van der Waals surface area contributed by atoms with Gasteiger partial charge in [-0.15, -0.1) is 11.3 Å². The summed E-state index contributed by atoms with van der Waals surface area (Å²) in [5, 5.41) is 1.62. The number of rotatable bonds is 4. The van der Waals surface area contributed by atoms with E-state index in [1.54, 1.807) is 5.38 Å². The van der Waals surface area contributed by atoms with Gasteiger partial charge in [0.25, 0.3) is 0 Å². The van der Waals surface area contributed by atoms with Crippen LogP contribution in [0.2, 0.25) is 0 Å². The Kier molecular flexibility index (Phi) is 3.52. The first-order chi connectivity index (χ1) is 6.42. The Morgan fingerprint density at radius 2 is 2.21 bits per heavy atom. The normalized spacial score (nSPS) is 12.2. The topological polar surface area (TPSA) is 72.2 Å². The van der Waals surface area contributed by atoms with Crippen LogP contribution in [-0.4, -0.2) is 15.0 Å². The molecular formula is C8H14N2O2S2. The van der Waals surface area contributed by atoms with Crippen molar-refractivity contribution >= 4 is 27.0 Å². The molecule has 0 aliphatic heterocycles. The molecular weight excluding hydrogens is 220 g/mol. The van der Waals surface area contributed by atoms with Crippen molar-refractivity contribution in [1.29, 1.82) is 0 Å². The van der Waals surface area contributed by atoms with Crippen LogP contribution in [0.5, 0.6) is 0 Å². The molecule has 0 atom stereocenters. The fourth-order valence-corrected chi connectivity index (χ4v) is 3.16. The summed E-state index contributed by atoms with van der Waals surface area (Å²) in [5.74, 6) is 0.294. The highest BCUT2D eigenvalue weighted by molar-refractivity contribution is 7.91. The molecule has 4 nitrogen and oxygen atoms in total. The van der Waals surface area contributed by atoms with Gasteiger partial charge in [-0.05, 0) is 12.0 Å². The number of sulfonamides is 1. The van der Waals surface area contributed by atoms with Gasteiger partial charge in [-0.3, -0.25) is 0 Å². The van der Waals surface area contributed by atoms with Crippen LogP contribution in [0.1, 0.15) is 13.8 Å². The van der Waals surface area contributed by atoms with Gasteiger partial charge in [0.15, 0.2) is 0 Å². The number of anilines is 1. The van der Waals surface area contributed by atoms with E-state index in [9.17, 15) is 8.42 Å². The second-order valence-electron chi connectivity index (χ2n) is 3.44. The first-order valence-electron chi connectivity index (χ1n) is 4.25. The van der Waals surface area contributed by atoms with Crippen molar-refractivity contribution in [2.75, 3.05) is 12.3 Å². The maximum Gasteiger partial charge on any atom is 0.250 e. The second-order valence-corrected chi connectivity index (χ2v) is 6.35. The third-order valence-corrected chi connectivity index (χ3v) is 4.42. The molecule has 0 spiro atoms. The minimum absolute atomic E-state index is 0.274. The van der Waals surface area contributed by atoms with E-state index in [2.05, 4.69) is 4.72 Å². The Hall–Kier alpha value is -0.590. The second kappa shape index (κ2) is 4.29. The first-order valence-corrected chi connectivity index (χ1v) is 6.62. The van der Waals surface area contributed by atoms with E-state index in [1.807, 2.05) is 13.8 Å². The lowest BCUT2D eigenvalue weighted by Crippen LogP contribution is -2.26. The van der Waals surface area contributed by atoms with E-state index in [1.165, 1.54) is 6.07 Å². The maximum absolute atomic E-state index is 11.6. The third-order valence-electron chi connectivity index (χ3n) is 1.54. The summed E-state index contributed by atoms with van der Waals surface area (Å²) >= 11 is 1.13. The zero-order valence-electron chi connectivity index (χ0n) is 8.15. The Morgan fingerprint density at radius 1 is 1.57 bits per heavy atom. The van der Waals surface area contributed by atoms with E-state index >= 15 is 0 Å². The molecule has 0 radical (unpaired) electrons. The Balaban J connectivity index is 2.76. The van der Waals surface area contributed by atoms with Gasteiger partial charge in [0.05, 0.1) is 0 Å². The van der Waals surface area contributed by atoms with Crippen molar-refractivity contribution in [2.45, 2.75) is 18.1 Å². The van der Waals surface area contributed by atoms with Crippen LogP contribution in [0.4, 0.5) is 5.69 Å². The highest BCUT2D eigenvalue weighted by Crippen LogP contribution is 2.21. The molecule has 0 unspecified atom stereocenters. The molecule has 0 fully saturated rings. The predicted molar refractivity (Wildman–Crippen MR) is 58.8 cm³/mol. The van der Waals surface area contributed by atoms with Gasteiger partial charge < -0.3 is 5.73 Å². The first kappa shape index (κ1) is 11.5. The average Bonchev–Trinajstić information content (AvgIpc) is 2.49. The maximum atomic E-state index is 11.6. The van der Waals surface area contributed by atoms with E-state index in [4.69, 9.17) is 5.73 Å². The lowest BCUT2D eigenvalue weighted by molar-refractivity contribution is 0.562. The monoisotopic (exact) mass is 234 g/mol. The Bertz CT molecular complexity index is 395. The number of hydrogen-bond donors (Lipinski definition) is 2. The van der Waals surface area contributed by atoms with Crippen LogP contribution < -0.4 is 10.5 Å². The number of nitrogens with two attached hydrogens (primary N) is 1. The largest absolute Gasteiger partial charge is 0.398 e. The quantitative estimate of drug-likeness (QED) is 0.824. The molecule has 1 heterocycles. The summed E-state index contributed by atoms with van der Waals surface area (Å²) in [5.41, 5.74) is 5.94. The lowest BCUT2D eigenvalue weighted by atomic mass is 10.2. The number of nitrogens with one attached hydrogen (secondary N) is 1. The van der Waals surface area contributed by atoms with Gasteiger partial charge in [-0.1, -0.05) is 13.8 Å². The molecule has 14 heavy (non-hydrogen) atoms. The number of nitrogen functional groups attached to an aromatic ring is 1. The van der Waals surface area contributed by atoms with E-state index in [-0.39, 0.29) is 4.21 Å². The fourth-order valence-electron chi connectivity index (χ4n) is 0.819. The van der Waals surface area contributed by atoms with Crippen LogP contribution in [0.3, 0.4) is 0 Å². The van der Waals surface area contributed by atoms with E-state index in [0.717, 1.165) is 11.3 Å². The molecule has 0 saturated carbocycles. The standard InChI is InChI=1S/C8H14N2O2S2/c1-6(2)4-10-14(11,12)8-3-7(9)5-13-8/h3,5-6,10H,4,9H2,1-2H3. The van der Waals surface area contributed by atoms with Gasteiger partial charge in [0.1, 0.15) is 4.21 Å². The van der Waals surface area contributed by atoms with Gasteiger partial charge in [0.2, 0.25) is 10.0 Å². The van der Waals surface area contributed by atoms with Crippen LogP contribution >= 0.6 is 11.3 Å². The summed E-state index contributed by atoms with van der Waals surface area (Å²) in [7, 11) is -3.35. The summed E-state index contributed by atoms with van der Waals surface area (Å²) in [4.78, 5) is 0. The zero-order valence-corrected chi connectivity index (χ0v) is 9.78. The fraction of sp³-hybridized carbons (Fsp3) is 0.500. The smallest absolute Gasteiger partial charge is 0.250 e. The molecule has 0 bridgehead atoms. The van der Waals surface area contributed by atoms with Crippen molar-refractivity contribution in [3.05, 3.63) is 11.4 Å². The molecule has 80 valence electrons. The molecule has 1 aromatic heterocycles. The minimum Gasteiger partial charge on any atom is -0.398 e. The summed E-state index contributed by atoms with van der Waals surface area (Å²) in [6.45, 7) is 4.34. The molecule has 6 heteroatoms. The lowest BCUT2D eigenvalue weighted by Gasteiger charge is -2.06. The van der Waals surface area contributed by atoms with Gasteiger partial charge in [-0.25, -0.2) is 13.1 Å². The average molecular weight is 234 g/mol. The van der Waals surface area contributed by atoms with Crippen molar-refractivity contribution in [3.63, 3.8) is 0 Å². The van der Waals surface area contributed by atoms with Crippen molar-refractivity contribution in [2.24, 2.45) is 5.92 Å². The molecule has 0 aliphatic carbocycles. The van der Waals surface area contributed by atoms with Crippen LogP contribution in [-0.2, 0) is 10.0 Å². The van der Waals surface area contributed by atoms with Gasteiger partial charge >= 0.3 is 0 Å². The van der Waals surface area contributed by atoms with E-state index < -0.39 is 10.0 Å². The molecule has 0 saturated heterocycles. The molecule has 0 amide bonds.